The van der Waals surface area contributed by atoms with Gasteiger partial charge in [-0.15, -0.1) is 0 Å². The molecular weight excluding hydrogens is 422 g/mol. The van der Waals surface area contributed by atoms with Crippen molar-refractivity contribution in [2.45, 2.75) is 11.2 Å². The zero-order valence-corrected chi connectivity index (χ0v) is 17.9. The summed E-state index contributed by atoms with van der Waals surface area (Å²) < 4.78 is 31.4. The maximum absolute atomic E-state index is 13.5. The second-order valence-corrected chi connectivity index (χ2v) is 8.47. The van der Waals surface area contributed by atoms with Crippen molar-refractivity contribution in [3.63, 3.8) is 0 Å². The first-order chi connectivity index (χ1) is 13.7. The summed E-state index contributed by atoms with van der Waals surface area (Å²) >= 11 is 0.248. The molecule has 1 atom stereocenters. The van der Waals surface area contributed by atoms with Gasteiger partial charge in [0.05, 0.1) is 0 Å². The van der Waals surface area contributed by atoms with Crippen LogP contribution in [0.1, 0.15) is 17.0 Å². The van der Waals surface area contributed by atoms with E-state index in [4.69, 9.17) is 14.2 Å². The molecule has 1 unspecified atom stereocenters. The number of ether oxygens (including phenoxy) is 3. The monoisotopic (exact) mass is 446 g/mol. The molecule has 28 heavy (non-hydrogen) atoms. The van der Waals surface area contributed by atoms with Crippen LogP contribution in [0.5, 0.6) is 17.2 Å². The number of benzene rings is 3. The molecule has 0 saturated heterocycles. The summed E-state index contributed by atoms with van der Waals surface area (Å²) in [5.41, 5.74) is 2.05. The van der Waals surface area contributed by atoms with E-state index in [2.05, 4.69) is 24.3 Å². The molecule has 0 bridgehead atoms. The molecule has 0 aliphatic carbocycles. The van der Waals surface area contributed by atoms with E-state index in [1.165, 1.54) is 16.6 Å². The fourth-order valence-electron chi connectivity index (χ4n) is 3.08. The van der Waals surface area contributed by atoms with Crippen molar-refractivity contribution in [3.05, 3.63) is 83.7 Å². The van der Waals surface area contributed by atoms with E-state index in [1.807, 2.05) is 30.3 Å². The fraction of sp³-hybridized carbons (Fsp3) is 0.217. The molecule has 0 aromatic heterocycles. The van der Waals surface area contributed by atoms with Crippen LogP contribution in [0.3, 0.4) is 0 Å². The predicted molar refractivity (Wildman–Crippen MR) is 111 cm³/mol. The van der Waals surface area contributed by atoms with Crippen LogP contribution in [-0.2, 0) is 0 Å². The van der Waals surface area contributed by atoms with E-state index in [1.54, 1.807) is 21.3 Å². The minimum atomic E-state index is -0.240. The second-order valence-electron chi connectivity index (χ2n) is 6.18. The number of hydrogen-bond acceptors (Lipinski definition) is 3. The molecule has 3 rings (SSSR count). The Kier molecular flexibility index (Phi) is 6.96. The van der Waals surface area contributed by atoms with Gasteiger partial charge in [-0.3, -0.25) is 0 Å². The van der Waals surface area contributed by atoms with Crippen molar-refractivity contribution < 1.29 is 18.6 Å². The van der Waals surface area contributed by atoms with Gasteiger partial charge < -0.3 is 0 Å². The normalized spacial score (nSPS) is 11.7. The van der Waals surface area contributed by atoms with Crippen molar-refractivity contribution in [2.75, 3.05) is 21.3 Å². The van der Waals surface area contributed by atoms with Gasteiger partial charge in [0.2, 0.25) is 0 Å². The van der Waals surface area contributed by atoms with E-state index >= 15 is 0 Å². The van der Waals surface area contributed by atoms with Gasteiger partial charge in [-0.05, 0) is 0 Å². The molecule has 0 fully saturated rings. The molecule has 0 N–H and O–H groups in total. The Morgan fingerprint density at radius 3 is 2.00 bits per heavy atom. The minimum absolute atomic E-state index is 0.0514. The average Bonchev–Trinajstić information content (AvgIpc) is 2.75. The topological polar surface area (TPSA) is 27.7 Å². The zero-order chi connectivity index (χ0) is 19.9. The molecule has 5 heteroatoms. The van der Waals surface area contributed by atoms with Gasteiger partial charge in [0, 0.05) is 0 Å². The molecule has 146 valence electrons. The quantitative estimate of drug-likeness (QED) is 0.480. The van der Waals surface area contributed by atoms with Gasteiger partial charge in [0.25, 0.3) is 0 Å². The Bertz CT molecular complexity index is 898. The number of rotatable bonds is 8. The third kappa shape index (κ3) is 4.67. The molecule has 0 radical (unpaired) electrons. The van der Waals surface area contributed by atoms with Crippen LogP contribution in [0.4, 0.5) is 4.39 Å². The first-order valence-corrected chi connectivity index (χ1v) is 11.0. The van der Waals surface area contributed by atoms with Gasteiger partial charge in [-0.1, -0.05) is 0 Å². The second kappa shape index (κ2) is 9.63. The van der Waals surface area contributed by atoms with E-state index in [0.29, 0.717) is 11.5 Å². The van der Waals surface area contributed by atoms with Crippen molar-refractivity contribution in [3.8, 4) is 17.2 Å². The number of halogens is 1. The van der Waals surface area contributed by atoms with E-state index in [9.17, 15) is 4.39 Å². The van der Waals surface area contributed by atoms with Crippen molar-refractivity contribution >= 4 is 19.4 Å². The van der Waals surface area contributed by atoms with Crippen LogP contribution in [0.15, 0.2) is 66.7 Å². The Morgan fingerprint density at radius 2 is 1.39 bits per heavy atom. The third-order valence-electron chi connectivity index (χ3n) is 4.54. The maximum atomic E-state index is 13.5. The molecule has 0 spiro atoms. The van der Waals surface area contributed by atoms with Crippen LogP contribution in [0, 0.1) is 5.82 Å². The first-order valence-electron chi connectivity index (χ1n) is 8.89. The predicted octanol–water partition coefficient (Wildman–Crippen LogP) is 4.43. The summed E-state index contributed by atoms with van der Waals surface area (Å²) in [5.74, 6) is 1.81. The van der Waals surface area contributed by atoms with Gasteiger partial charge in [-0.25, -0.2) is 0 Å². The van der Waals surface area contributed by atoms with Crippen LogP contribution in [0.25, 0.3) is 0 Å². The molecule has 3 aromatic rings. The van der Waals surface area contributed by atoms with Gasteiger partial charge in [0.15, 0.2) is 0 Å². The summed E-state index contributed by atoms with van der Waals surface area (Å²) in [6.07, 6.45) is 0. The fourth-order valence-corrected chi connectivity index (χ4v) is 5.35. The van der Waals surface area contributed by atoms with Crippen molar-refractivity contribution in [1.29, 1.82) is 0 Å². The van der Waals surface area contributed by atoms with Gasteiger partial charge in [-0.2, -0.15) is 0 Å². The summed E-state index contributed by atoms with van der Waals surface area (Å²) in [5, 5.41) is 0.911. The molecule has 0 aliphatic rings. The Morgan fingerprint density at radius 1 is 0.786 bits per heavy atom. The average molecular weight is 445 g/mol. The molecular formula is C23H23FO3Se. The molecule has 0 aliphatic heterocycles. The molecule has 0 amide bonds. The standard InChI is InChI=1S/C23H23FO3Se/c1-25-21-14-23(27-3)22(26-2)13-19(21)20(16-9-11-17(24)12-10-16)15-28-18-7-5-4-6-8-18/h4-14,20H,15H2,1-3H3. The van der Waals surface area contributed by atoms with Gasteiger partial charge in [0.1, 0.15) is 0 Å². The molecule has 3 nitrogen and oxygen atoms in total. The van der Waals surface area contributed by atoms with Crippen LogP contribution < -0.4 is 18.7 Å². The molecule has 3 aromatic carbocycles. The SMILES string of the molecule is COc1cc(OC)c(C(C[Se]c2ccccc2)c2ccc(F)cc2)cc1OC. The van der Waals surface area contributed by atoms with Crippen LogP contribution in [0.2, 0.25) is 5.32 Å². The summed E-state index contributed by atoms with van der Waals surface area (Å²) in [7, 11) is 4.87. The molecule has 0 saturated carbocycles. The third-order valence-corrected chi connectivity index (χ3v) is 6.86. The first kappa shape index (κ1) is 20.2. The summed E-state index contributed by atoms with van der Waals surface area (Å²) in [6.45, 7) is 0. The Balaban J connectivity index is 2.03. The van der Waals surface area contributed by atoms with Crippen LogP contribution >= 0.6 is 0 Å². The Hall–Kier alpha value is -2.49. The van der Waals surface area contributed by atoms with Crippen molar-refractivity contribution in [2.24, 2.45) is 0 Å². The molecule has 0 heterocycles. The summed E-state index contributed by atoms with van der Waals surface area (Å²) in [6, 6.07) is 20.9. The van der Waals surface area contributed by atoms with Crippen LogP contribution in [-0.4, -0.2) is 36.3 Å². The van der Waals surface area contributed by atoms with E-state index < -0.39 is 0 Å². The van der Waals surface area contributed by atoms with Crippen molar-refractivity contribution in [1.82, 2.24) is 0 Å². The summed E-state index contributed by atoms with van der Waals surface area (Å²) in [4.78, 5) is 0. The zero-order valence-electron chi connectivity index (χ0n) is 16.1. The number of methoxy groups -OCH3 is 3. The van der Waals surface area contributed by atoms with Gasteiger partial charge >= 0.3 is 172 Å². The van der Waals surface area contributed by atoms with E-state index in [0.717, 1.165) is 22.2 Å². The Labute approximate surface area is 171 Å². The van der Waals surface area contributed by atoms with E-state index in [-0.39, 0.29) is 26.7 Å². The number of hydrogen-bond donors (Lipinski definition) is 0.